The first-order valence-corrected chi connectivity index (χ1v) is 5.96. The van der Waals surface area contributed by atoms with Gasteiger partial charge in [-0.2, -0.15) is 0 Å². The molecule has 1 saturated carbocycles. The molecule has 2 rings (SSSR count). The average Bonchev–Trinajstić information content (AvgIpc) is 2.30. The first-order chi connectivity index (χ1) is 7.68. The van der Waals surface area contributed by atoms with Gasteiger partial charge in [-0.05, 0) is 25.3 Å². The van der Waals surface area contributed by atoms with Crippen LogP contribution in [0.3, 0.4) is 0 Å². The van der Waals surface area contributed by atoms with Crippen LogP contribution in [0.4, 0.5) is 0 Å². The fourth-order valence-corrected chi connectivity index (χ4v) is 2.34. The molecule has 0 aromatic heterocycles. The normalized spacial score (nSPS) is 23.1. The molecule has 0 saturated heterocycles. The van der Waals surface area contributed by atoms with Gasteiger partial charge in [0.2, 0.25) is 0 Å². The van der Waals surface area contributed by atoms with Crippen molar-refractivity contribution in [3.8, 4) is 0 Å². The SMILES string of the molecule is Cc1ccc([C@@H](O)[C@H]2CCCCC2=O)cc1. The van der Waals surface area contributed by atoms with E-state index in [1.807, 2.05) is 31.2 Å². The van der Waals surface area contributed by atoms with Crippen molar-refractivity contribution in [2.75, 3.05) is 0 Å². The maximum Gasteiger partial charge on any atom is 0.138 e. The molecule has 0 bridgehead atoms. The van der Waals surface area contributed by atoms with Crippen LogP contribution in [0.2, 0.25) is 0 Å². The zero-order valence-electron chi connectivity index (χ0n) is 9.65. The number of carbonyl (C=O) groups is 1. The van der Waals surface area contributed by atoms with Gasteiger partial charge in [0.15, 0.2) is 0 Å². The average molecular weight is 218 g/mol. The van der Waals surface area contributed by atoms with Gasteiger partial charge < -0.3 is 5.11 Å². The largest absolute Gasteiger partial charge is 0.388 e. The van der Waals surface area contributed by atoms with Crippen molar-refractivity contribution in [3.63, 3.8) is 0 Å². The van der Waals surface area contributed by atoms with Gasteiger partial charge in [0, 0.05) is 12.3 Å². The molecular formula is C14H18O2. The van der Waals surface area contributed by atoms with Gasteiger partial charge in [-0.25, -0.2) is 0 Å². The summed E-state index contributed by atoms with van der Waals surface area (Å²) < 4.78 is 0. The summed E-state index contributed by atoms with van der Waals surface area (Å²) in [5, 5.41) is 10.2. The second kappa shape index (κ2) is 4.79. The van der Waals surface area contributed by atoms with Crippen LogP contribution >= 0.6 is 0 Å². The van der Waals surface area contributed by atoms with Crippen molar-refractivity contribution in [2.24, 2.45) is 5.92 Å². The molecule has 0 heterocycles. The number of aryl methyl sites for hydroxylation is 1. The lowest BCUT2D eigenvalue weighted by atomic mass is 9.81. The van der Waals surface area contributed by atoms with Gasteiger partial charge in [0.25, 0.3) is 0 Å². The number of aliphatic hydroxyl groups is 1. The Kier molecular flexibility index (Phi) is 3.39. The lowest BCUT2D eigenvalue weighted by molar-refractivity contribution is -0.128. The minimum Gasteiger partial charge on any atom is -0.388 e. The molecule has 1 aromatic carbocycles. The second-order valence-corrected chi connectivity index (χ2v) is 4.67. The lowest BCUT2D eigenvalue weighted by Gasteiger charge is -2.25. The molecule has 0 aliphatic heterocycles. The monoisotopic (exact) mass is 218 g/mol. The van der Waals surface area contributed by atoms with E-state index >= 15 is 0 Å². The molecule has 2 nitrogen and oxygen atoms in total. The van der Waals surface area contributed by atoms with Crippen LogP contribution in [-0.2, 0) is 4.79 Å². The standard InChI is InChI=1S/C14H18O2/c1-10-6-8-11(9-7-10)14(16)12-4-2-3-5-13(12)15/h6-9,12,14,16H,2-5H2,1H3/t12-,14+/m0/s1. The Hall–Kier alpha value is -1.15. The van der Waals surface area contributed by atoms with Crippen LogP contribution in [0, 0.1) is 12.8 Å². The van der Waals surface area contributed by atoms with Crippen molar-refractivity contribution in [3.05, 3.63) is 35.4 Å². The molecule has 0 amide bonds. The second-order valence-electron chi connectivity index (χ2n) is 4.67. The van der Waals surface area contributed by atoms with E-state index in [4.69, 9.17) is 0 Å². The molecule has 1 aliphatic carbocycles. The fraction of sp³-hybridized carbons (Fsp3) is 0.500. The summed E-state index contributed by atoms with van der Waals surface area (Å²) in [6.07, 6.45) is 2.88. The zero-order valence-corrected chi connectivity index (χ0v) is 9.65. The van der Waals surface area contributed by atoms with E-state index in [1.54, 1.807) is 0 Å². The Morgan fingerprint density at radius 3 is 2.56 bits per heavy atom. The zero-order chi connectivity index (χ0) is 11.5. The van der Waals surface area contributed by atoms with Gasteiger partial charge in [-0.15, -0.1) is 0 Å². The van der Waals surface area contributed by atoms with Crippen LogP contribution in [0.25, 0.3) is 0 Å². The Morgan fingerprint density at radius 2 is 1.94 bits per heavy atom. The Morgan fingerprint density at radius 1 is 1.25 bits per heavy atom. The maximum atomic E-state index is 11.7. The van der Waals surface area contributed by atoms with Gasteiger partial charge in [0.1, 0.15) is 5.78 Å². The number of aliphatic hydroxyl groups excluding tert-OH is 1. The quantitative estimate of drug-likeness (QED) is 0.828. The van der Waals surface area contributed by atoms with Crippen molar-refractivity contribution >= 4 is 5.78 Å². The molecule has 1 aromatic rings. The molecule has 86 valence electrons. The minimum atomic E-state index is -0.617. The summed E-state index contributed by atoms with van der Waals surface area (Å²) in [4.78, 5) is 11.7. The van der Waals surface area contributed by atoms with Gasteiger partial charge in [-0.1, -0.05) is 36.2 Å². The summed E-state index contributed by atoms with van der Waals surface area (Å²) in [5.74, 6) is 0.0378. The highest BCUT2D eigenvalue weighted by Crippen LogP contribution is 2.32. The number of hydrogen-bond acceptors (Lipinski definition) is 2. The summed E-state index contributed by atoms with van der Waals surface area (Å²) in [7, 11) is 0. The predicted molar refractivity (Wildman–Crippen MR) is 63.1 cm³/mol. The smallest absolute Gasteiger partial charge is 0.138 e. The van der Waals surface area contributed by atoms with Crippen LogP contribution < -0.4 is 0 Å². The maximum absolute atomic E-state index is 11.7. The molecule has 1 N–H and O–H groups in total. The lowest BCUT2D eigenvalue weighted by Crippen LogP contribution is -2.25. The first-order valence-electron chi connectivity index (χ1n) is 5.96. The number of carbonyl (C=O) groups excluding carboxylic acids is 1. The number of benzene rings is 1. The predicted octanol–water partition coefficient (Wildman–Crippen LogP) is 2.79. The van der Waals surface area contributed by atoms with Crippen LogP contribution in [0.5, 0.6) is 0 Å². The molecule has 16 heavy (non-hydrogen) atoms. The first kappa shape index (κ1) is 11.3. The van der Waals surface area contributed by atoms with Crippen molar-refractivity contribution < 1.29 is 9.90 Å². The summed E-state index contributed by atoms with van der Waals surface area (Å²) >= 11 is 0. The van der Waals surface area contributed by atoms with Crippen LogP contribution in [-0.4, -0.2) is 10.9 Å². The third-order valence-electron chi connectivity index (χ3n) is 3.40. The third-order valence-corrected chi connectivity index (χ3v) is 3.40. The molecule has 0 spiro atoms. The third kappa shape index (κ3) is 2.33. The van der Waals surface area contributed by atoms with Gasteiger partial charge >= 0.3 is 0 Å². The summed E-state index contributed by atoms with van der Waals surface area (Å²) in [6, 6.07) is 7.79. The summed E-state index contributed by atoms with van der Waals surface area (Å²) in [6.45, 7) is 2.02. The van der Waals surface area contributed by atoms with E-state index in [-0.39, 0.29) is 11.7 Å². The minimum absolute atomic E-state index is 0.184. The highest BCUT2D eigenvalue weighted by atomic mass is 16.3. The van der Waals surface area contributed by atoms with E-state index in [9.17, 15) is 9.90 Å². The Bertz CT molecular complexity index is 367. The number of Topliss-reactive ketones (excluding diaryl/α,β-unsaturated/α-hetero) is 1. The molecule has 1 aliphatic rings. The van der Waals surface area contributed by atoms with E-state index in [1.165, 1.54) is 5.56 Å². The van der Waals surface area contributed by atoms with Crippen LogP contribution in [0.15, 0.2) is 24.3 Å². The molecule has 0 unspecified atom stereocenters. The number of hydrogen-bond donors (Lipinski definition) is 1. The van der Waals surface area contributed by atoms with Crippen molar-refractivity contribution in [2.45, 2.75) is 38.7 Å². The van der Waals surface area contributed by atoms with Crippen LogP contribution in [0.1, 0.15) is 42.9 Å². The summed E-state index contributed by atoms with van der Waals surface area (Å²) in [5.41, 5.74) is 2.04. The Labute approximate surface area is 96.3 Å². The molecule has 1 fully saturated rings. The van der Waals surface area contributed by atoms with Gasteiger partial charge in [-0.3, -0.25) is 4.79 Å². The highest BCUT2D eigenvalue weighted by Gasteiger charge is 2.29. The van der Waals surface area contributed by atoms with Gasteiger partial charge in [0.05, 0.1) is 6.10 Å². The Balaban J connectivity index is 2.14. The molecular weight excluding hydrogens is 200 g/mol. The molecule has 2 atom stereocenters. The molecule has 2 heteroatoms. The van der Waals surface area contributed by atoms with E-state index in [0.29, 0.717) is 6.42 Å². The topological polar surface area (TPSA) is 37.3 Å². The van der Waals surface area contributed by atoms with E-state index in [2.05, 4.69) is 0 Å². The van der Waals surface area contributed by atoms with E-state index < -0.39 is 6.10 Å². The molecule has 0 radical (unpaired) electrons. The van der Waals surface area contributed by atoms with Crippen molar-refractivity contribution in [1.82, 2.24) is 0 Å². The van der Waals surface area contributed by atoms with E-state index in [0.717, 1.165) is 24.8 Å². The van der Waals surface area contributed by atoms with Crippen molar-refractivity contribution in [1.29, 1.82) is 0 Å². The highest BCUT2D eigenvalue weighted by molar-refractivity contribution is 5.82. The number of ketones is 1. The number of rotatable bonds is 2. The fourth-order valence-electron chi connectivity index (χ4n) is 2.34.